The highest BCUT2D eigenvalue weighted by atomic mass is 16.2. The second kappa shape index (κ2) is 7.85. The SMILES string of the molecule is C[n+]1nc(-c2ccc(N3CCCc4cc(C(=O)N5CCCCC5)cnc43)cc2)n[nH]1. The molecular weight excluding hydrogens is 378 g/mol. The molecule has 5 rings (SSSR count). The molecule has 30 heavy (non-hydrogen) atoms. The van der Waals surface area contributed by atoms with Crippen LogP contribution in [0.1, 0.15) is 41.6 Å². The Hall–Kier alpha value is -3.29. The minimum Gasteiger partial charge on any atom is -0.339 e. The monoisotopic (exact) mass is 404 g/mol. The third-order valence-electron chi connectivity index (χ3n) is 5.90. The lowest BCUT2D eigenvalue weighted by molar-refractivity contribution is -0.783. The van der Waals surface area contributed by atoms with Gasteiger partial charge in [0, 0.05) is 31.5 Å². The van der Waals surface area contributed by atoms with E-state index in [9.17, 15) is 4.79 Å². The van der Waals surface area contributed by atoms with Gasteiger partial charge in [0.2, 0.25) is 0 Å². The fourth-order valence-corrected chi connectivity index (χ4v) is 4.33. The van der Waals surface area contributed by atoms with Crippen LogP contribution in [0.2, 0.25) is 0 Å². The van der Waals surface area contributed by atoms with Crippen molar-refractivity contribution < 1.29 is 9.59 Å². The summed E-state index contributed by atoms with van der Waals surface area (Å²) in [4.78, 5) is 23.4. The lowest BCUT2D eigenvalue weighted by Crippen LogP contribution is -2.36. The number of nitrogens with one attached hydrogen (secondary N) is 1. The molecule has 4 heterocycles. The number of nitrogens with zero attached hydrogens (tertiary/aromatic N) is 6. The van der Waals surface area contributed by atoms with Gasteiger partial charge in [-0.3, -0.25) is 4.79 Å². The number of rotatable bonds is 3. The number of hydrogen-bond acceptors (Lipinski definition) is 5. The molecule has 0 radical (unpaired) electrons. The van der Waals surface area contributed by atoms with Crippen LogP contribution in [0.25, 0.3) is 11.4 Å². The number of amides is 1. The molecule has 2 aliphatic heterocycles. The number of aryl methyl sites for hydroxylation is 2. The fourth-order valence-electron chi connectivity index (χ4n) is 4.33. The Bertz CT molecular complexity index is 1050. The molecule has 2 aromatic heterocycles. The molecule has 0 saturated carbocycles. The Morgan fingerprint density at radius 2 is 1.87 bits per heavy atom. The fraction of sp³-hybridized carbons (Fsp3) is 0.409. The number of fused-ring (bicyclic) bond motifs is 1. The number of benzene rings is 1. The summed E-state index contributed by atoms with van der Waals surface area (Å²) in [5, 5.41) is 11.3. The number of pyridine rings is 1. The van der Waals surface area contributed by atoms with Crippen molar-refractivity contribution >= 4 is 17.4 Å². The summed E-state index contributed by atoms with van der Waals surface area (Å²) in [5.74, 6) is 1.74. The topological polar surface area (TPSA) is 81.9 Å². The number of anilines is 2. The lowest BCUT2D eigenvalue weighted by atomic mass is 10.0. The minimum absolute atomic E-state index is 0.117. The molecule has 1 saturated heterocycles. The van der Waals surface area contributed by atoms with Crippen molar-refractivity contribution in [1.29, 1.82) is 0 Å². The molecule has 8 heteroatoms. The Labute approximate surface area is 175 Å². The average molecular weight is 404 g/mol. The van der Waals surface area contributed by atoms with E-state index in [4.69, 9.17) is 4.98 Å². The van der Waals surface area contributed by atoms with Crippen LogP contribution in [0.3, 0.4) is 0 Å². The molecular formula is C22H26N7O+. The highest BCUT2D eigenvalue weighted by molar-refractivity contribution is 5.94. The van der Waals surface area contributed by atoms with Crippen LogP contribution in [-0.2, 0) is 13.5 Å². The third-order valence-corrected chi connectivity index (χ3v) is 5.90. The standard InChI is InChI=1S/C22H25N7O/c1-27-25-20(24-26-27)16-7-9-19(10-8-16)29-13-5-6-17-14-18(15-23-21(17)29)22(30)28-11-3-2-4-12-28/h7-10,14-15H,2-6,11-13H2,1H3/p+1. The van der Waals surface area contributed by atoms with Crippen LogP contribution >= 0.6 is 0 Å². The second-order valence-electron chi connectivity index (χ2n) is 8.02. The van der Waals surface area contributed by atoms with Gasteiger partial charge in [0.25, 0.3) is 5.91 Å². The van der Waals surface area contributed by atoms with Crippen LogP contribution in [0.15, 0.2) is 36.5 Å². The van der Waals surface area contributed by atoms with E-state index < -0.39 is 0 Å². The van der Waals surface area contributed by atoms with Gasteiger partial charge in [-0.05, 0) is 78.3 Å². The largest absolute Gasteiger partial charge is 0.339 e. The predicted octanol–water partition coefficient (Wildman–Crippen LogP) is 2.40. The van der Waals surface area contributed by atoms with Gasteiger partial charge < -0.3 is 9.80 Å². The van der Waals surface area contributed by atoms with E-state index in [0.29, 0.717) is 11.4 Å². The molecule has 154 valence electrons. The first-order valence-corrected chi connectivity index (χ1v) is 10.6. The van der Waals surface area contributed by atoms with E-state index in [2.05, 4.69) is 32.4 Å². The Balaban J connectivity index is 1.39. The summed E-state index contributed by atoms with van der Waals surface area (Å²) in [5.41, 5.74) is 3.91. The van der Waals surface area contributed by atoms with Gasteiger partial charge in [-0.25, -0.2) is 4.98 Å². The number of carbonyl (C=O) groups excluding carboxylic acids is 1. The first kappa shape index (κ1) is 18.7. The van der Waals surface area contributed by atoms with Crippen LogP contribution < -0.4 is 9.70 Å². The normalized spacial score (nSPS) is 16.4. The number of aromatic nitrogens is 5. The van der Waals surface area contributed by atoms with Crippen LogP contribution in [-0.4, -0.2) is 50.8 Å². The summed E-state index contributed by atoms with van der Waals surface area (Å²) in [6, 6.07) is 10.3. The van der Waals surface area contributed by atoms with Crippen molar-refractivity contribution in [2.75, 3.05) is 24.5 Å². The van der Waals surface area contributed by atoms with Crippen molar-refractivity contribution in [3.63, 3.8) is 0 Å². The molecule has 0 unspecified atom stereocenters. The second-order valence-corrected chi connectivity index (χ2v) is 8.02. The van der Waals surface area contributed by atoms with Gasteiger partial charge in [-0.1, -0.05) is 4.80 Å². The number of H-pyrrole nitrogens is 1. The molecule has 0 atom stereocenters. The number of carbonyl (C=O) groups is 1. The molecule has 3 aromatic rings. The molecule has 1 aromatic carbocycles. The van der Waals surface area contributed by atoms with Crippen LogP contribution in [0.4, 0.5) is 11.5 Å². The number of hydrogen-bond donors (Lipinski definition) is 1. The molecule has 0 aliphatic carbocycles. The highest BCUT2D eigenvalue weighted by Gasteiger charge is 2.24. The quantitative estimate of drug-likeness (QED) is 0.678. The minimum atomic E-state index is 0.117. The van der Waals surface area contributed by atoms with E-state index in [1.165, 1.54) is 6.42 Å². The number of aromatic amines is 1. The summed E-state index contributed by atoms with van der Waals surface area (Å²) >= 11 is 0. The summed E-state index contributed by atoms with van der Waals surface area (Å²) < 4.78 is 0. The van der Waals surface area contributed by atoms with Gasteiger partial charge in [-0.15, -0.1) is 0 Å². The number of likely N-dealkylation sites (tertiary alicyclic amines) is 1. The van der Waals surface area contributed by atoms with Crippen molar-refractivity contribution in [2.24, 2.45) is 7.05 Å². The molecule has 2 aliphatic rings. The van der Waals surface area contributed by atoms with Crippen molar-refractivity contribution in [3.05, 3.63) is 47.7 Å². The smallest absolute Gasteiger partial charge is 0.338 e. The predicted molar refractivity (Wildman–Crippen MR) is 112 cm³/mol. The lowest BCUT2D eigenvalue weighted by Gasteiger charge is -2.31. The number of tetrazole rings is 1. The molecule has 1 N–H and O–H groups in total. The molecule has 0 spiro atoms. The molecule has 1 fully saturated rings. The van der Waals surface area contributed by atoms with Crippen LogP contribution in [0.5, 0.6) is 0 Å². The summed E-state index contributed by atoms with van der Waals surface area (Å²) in [7, 11) is 1.81. The maximum atomic E-state index is 12.9. The van der Waals surface area contributed by atoms with Gasteiger partial charge in [0.1, 0.15) is 12.9 Å². The maximum Gasteiger partial charge on any atom is 0.338 e. The third kappa shape index (κ3) is 3.53. The summed E-state index contributed by atoms with van der Waals surface area (Å²) in [6.45, 7) is 2.63. The highest BCUT2D eigenvalue weighted by Crippen LogP contribution is 2.33. The average Bonchev–Trinajstić information content (AvgIpc) is 3.25. The van der Waals surface area contributed by atoms with Crippen molar-refractivity contribution in [1.82, 2.24) is 25.3 Å². The van der Waals surface area contributed by atoms with E-state index in [1.54, 1.807) is 11.0 Å². The van der Waals surface area contributed by atoms with Gasteiger partial charge in [-0.2, -0.15) is 0 Å². The maximum absolute atomic E-state index is 12.9. The summed E-state index contributed by atoms with van der Waals surface area (Å²) in [6.07, 6.45) is 7.14. The van der Waals surface area contributed by atoms with E-state index in [0.717, 1.165) is 67.9 Å². The molecule has 0 bridgehead atoms. The zero-order valence-electron chi connectivity index (χ0n) is 17.2. The first-order chi connectivity index (χ1) is 14.7. The van der Waals surface area contributed by atoms with Crippen molar-refractivity contribution in [2.45, 2.75) is 32.1 Å². The Morgan fingerprint density at radius 3 is 2.60 bits per heavy atom. The zero-order chi connectivity index (χ0) is 20.5. The first-order valence-electron chi connectivity index (χ1n) is 10.6. The van der Waals surface area contributed by atoms with Crippen LogP contribution in [0, 0.1) is 0 Å². The van der Waals surface area contributed by atoms with E-state index >= 15 is 0 Å². The van der Waals surface area contributed by atoms with E-state index in [-0.39, 0.29) is 5.91 Å². The zero-order valence-corrected chi connectivity index (χ0v) is 17.2. The number of piperidine rings is 1. The van der Waals surface area contributed by atoms with E-state index in [1.807, 2.05) is 30.1 Å². The Morgan fingerprint density at radius 1 is 1.07 bits per heavy atom. The molecule has 1 amide bonds. The van der Waals surface area contributed by atoms with Gasteiger partial charge in [0.05, 0.1) is 16.2 Å². The van der Waals surface area contributed by atoms with Gasteiger partial charge in [0.15, 0.2) is 0 Å². The molecule has 8 nitrogen and oxygen atoms in total. The Kier molecular flexibility index (Phi) is 4.90. The van der Waals surface area contributed by atoms with Gasteiger partial charge >= 0.3 is 5.82 Å². The van der Waals surface area contributed by atoms with Crippen molar-refractivity contribution in [3.8, 4) is 11.4 Å².